The van der Waals surface area contributed by atoms with Crippen LogP contribution in [0.5, 0.6) is 0 Å². The summed E-state index contributed by atoms with van der Waals surface area (Å²) in [7, 11) is 1.92. The Labute approximate surface area is 149 Å². The van der Waals surface area contributed by atoms with Gasteiger partial charge in [0.2, 0.25) is 18.0 Å². The summed E-state index contributed by atoms with van der Waals surface area (Å²) in [6.45, 7) is 0.406. The van der Waals surface area contributed by atoms with Crippen LogP contribution >= 0.6 is 0 Å². The number of carbonyl (C=O) groups excluding carboxylic acids is 1. The van der Waals surface area contributed by atoms with Gasteiger partial charge in [-0.1, -0.05) is 0 Å². The lowest BCUT2D eigenvalue weighted by Gasteiger charge is -2.25. The molecule has 126 valence electrons. The first-order valence-electron chi connectivity index (χ1n) is 7.16. The normalized spacial score (nSPS) is 40.3. The fraction of sp³-hybridized carbons (Fsp3) is 0.538. The number of halogens is 1. The molecule has 7 N–H and O–H groups in total. The van der Waals surface area contributed by atoms with Gasteiger partial charge in [0.25, 0.3) is 0 Å². The van der Waals surface area contributed by atoms with Crippen molar-refractivity contribution in [3.05, 3.63) is 23.3 Å². The van der Waals surface area contributed by atoms with Gasteiger partial charge in [-0.15, -0.1) is 0 Å². The summed E-state index contributed by atoms with van der Waals surface area (Å²) in [5, 5.41) is 25.2. The standard InChI is InChI=1S/C13H17N5O4.HI/c1-18-3-4(5-11(18)16-13(14)17-12(5)21)2-15-6-7(19)8(20)10-9(6)22-10;/h3,5-7,9,11,15,19-20H,2H2,1H3,(H3,14,16,17,21);1H. The second-order valence-corrected chi connectivity index (χ2v) is 6.03. The van der Waals surface area contributed by atoms with E-state index in [4.69, 9.17) is 10.5 Å². The van der Waals surface area contributed by atoms with Gasteiger partial charge in [0, 0.05) is 12.1 Å². The number of epoxide rings is 1. The average Bonchev–Trinajstić information content (AvgIpc) is 3.12. The molecule has 0 bridgehead atoms. The lowest BCUT2D eigenvalue weighted by molar-refractivity contribution is -0.848. The molecule has 1 fully saturated rings. The Kier molecular flexibility index (Phi) is 4.02. The van der Waals surface area contributed by atoms with E-state index >= 15 is 0 Å². The maximum atomic E-state index is 12.2. The number of amides is 1. The molecule has 0 aromatic heterocycles. The second kappa shape index (κ2) is 5.61. The molecule has 4 rings (SSSR count). The van der Waals surface area contributed by atoms with E-state index in [1.165, 1.54) is 0 Å². The van der Waals surface area contributed by atoms with Crippen LogP contribution in [0.4, 0.5) is 0 Å². The number of aliphatic imine (C=N–C) groups is 1. The van der Waals surface area contributed by atoms with Gasteiger partial charge in [-0.05, 0) is 0 Å². The number of aliphatic hydroxyl groups is 2. The van der Waals surface area contributed by atoms with Crippen molar-refractivity contribution in [3.8, 4) is 0 Å². The van der Waals surface area contributed by atoms with Crippen molar-refractivity contribution in [3.63, 3.8) is 0 Å². The highest BCUT2D eigenvalue weighted by molar-refractivity contribution is 6.00. The summed E-state index contributed by atoms with van der Waals surface area (Å²) in [6.07, 6.45) is 0.448. The Morgan fingerprint density at radius 2 is 2.30 bits per heavy atom. The Morgan fingerprint density at radius 3 is 2.96 bits per heavy atom. The summed E-state index contributed by atoms with van der Waals surface area (Å²) < 4.78 is 5.19. The number of fused-ring (bicyclic) bond motifs is 2. The van der Waals surface area contributed by atoms with Crippen LogP contribution < -0.4 is 45.2 Å². The predicted octanol–water partition coefficient (Wildman–Crippen LogP) is -6.71. The molecule has 0 aromatic carbocycles. The molecule has 23 heavy (non-hydrogen) atoms. The molecule has 1 amide bonds. The molecule has 1 saturated heterocycles. The van der Waals surface area contributed by atoms with Gasteiger partial charge in [0.1, 0.15) is 12.0 Å². The van der Waals surface area contributed by atoms with Crippen LogP contribution in [0, 0.1) is 5.92 Å². The van der Waals surface area contributed by atoms with Crippen molar-refractivity contribution in [2.75, 3.05) is 13.6 Å². The van der Waals surface area contributed by atoms with E-state index < -0.39 is 12.1 Å². The first kappa shape index (κ1) is 16.5. The van der Waals surface area contributed by atoms with Crippen molar-refractivity contribution in [2.45, 2.75) is 24.4 Å². The van der Waals surface area contributed by atoms with Gasteiger partial charge in [0.15, 0.2) is 17.6 Å². The van der Waals surface area contributed by atoms with Crippen LogP contribution in [-0.2, 0) is 9.53 Å². The van der Waals surface area contributed by atoms with Gasteiger partial charge in [0.05, 0.1) is 19.3 Å². The van der Waals surface area contributed by atoms with E-state index in [2.05, 4.69) is 15.6 Å². The Balaban J connectivity index is 0.00000156. The Morgan fingerprint density at radius 1 is 1.57 bits per heavy atom. The number of quaternary nitrogens is 1. The molecular weight excluding hydrogens is 417 g/mol. The largest absolute Gasteiger partial charge is 1.00 e. The third-order valence-corrected chi connectivity index (χ3v) is 4.60. The number of nitrogens with zero attached hydrogens (tertiary/aromatic N) is 1. The van der Waals surface area contributed by atoms with Crippen molar-refractivity contribution in [1.82, 2.24) is 10.6 Å². The maximum Gasteiger partial charge on any atom is 0.242 e. The van der Waals surface area contributed by atoms with Gasteiger partial charge >= 0.3 is 0 Å². The maximum absolute atomic E-state index is 12.2. The van der Waals surface area contributed by atoms with Crippen molar-refractivity contribution in [1.29, 1.82) is 0 Å². The number of nitrogens with two attached hydrogens (primary N) is 1. The number of nitrogens with one attached hydrogen (secondary N) is 3. The molecule has 3 aliphatic heterocycles. The second-order valence-electron chi connectivity index (χ2n) is 6.03. The summed E-state index contributed by atoms with van der Waals surface area (Å²) in [5.41, 5.74) is 6.49. The predicted molar refractivity (Wildman–Crippen MR) is 74.3 cm³/mol. The van der Waals surface area contributed by atoms with E-state index in [-0.39, 0.29) is 59.8 Å². The van der Waals surface area contributed by atoms with E-state index in [0.29, 0.717) is 12.3 Å². The number of aliphatic hydroxyl groups excluding tert-OH is 2. The smallest absolute Gasteiger partial charge is 0.242 e. The molecule has 9 nitrogen and oxygen atoms in total. The molecule has 0 aromatic rings. The molecule has 10 heteroatoms. The lowest BCUT2D eigenvalue weighted by atomic mass is 9.97. The highest BCUT2D eigenvalue weighted by Crippen LogP contribution is 2.42. The highest BCUT2D eigenvalue weighted by atomic mass is 127. The van der Waals surface area contributed by atoms with Crippen LogP contribution in [0.25, 0.3) is 0 Å². The van der Waals surface area contributed by atoms with E-state index in [0.717, 1.165) is 10.5 Å². The van der Waals surface area contributed by atoms with Crippen LogP contribution in [0.15, 0.2) is 28.3 Å². The molecule has 1 aliphatic carbocycles. The molecule has 3 heterocycles. The first-order chi connectivity index (χ1) is 10.5. The molecule has 6 atom stereocenters. The lowest BCUT2D eigenvalue weighted by Crippen LogP contribution is -3.08. The third kappa shape index (κ3) is 2.49. The summed E-state index contributed by atoms with van der Waals surface area (Å²) in [5.74, 6) is -0.0436. The monoisotopic (exact) mass is 435 g/mol. The average molecular weight is 435 g/mol. The van der Waals surface area contributed by atoms with Gasteiger partial charge < -0.3 is 50.0 Å². The molecule has 0 radical (unpaired) electrons. The van der Waals surface area contributed by atoms with Crippen molar-refractivity contribution < 1.29 is 48.6 Å². The minimum Gasteiger partial charge on any atom is -1.00 e. The zero-order valence-corrected chi connectivity index (χ0v) is 14.4. The number of hydrogen-bond acceptors (Lipinski definition) is 7. The van der Waals surface area contributed by atoms with E-state index in [9.17, 15) is 15.0 Å². The Bertz CT molecular complexity index is 648. The number of rotatable bonds is 3. The van der Waals surface area contributed by atoms with E-state index in [1.54, 1.807) is 0 Å². The Hall–Kier alpha value is -1.37. The molecule has 4 aliphatic rings. The molecule has 0 saturated carbocycles. The number of guanidine groups is 1. The number of hydrogen-bond donors (Lipinski definition) is 6. The van der Waals surface area contributed by atoms with Crippen LogP contribution in [0.1, 0.15) is 0 Å². The summed E-state index contributed by atoms with van der Waals surface area (Å²) in [6, 6.07) is -0.393. The minimum absolute atomic E-state index is 0. The number of ether oxygens (including phenoxy) is 1. The van der Waals surface area contributed by atoms with Crippen LogP contribution in [0.3, 0.4) is 0 Å². The number of carbonyl (C=O) groups is 1. The SMILES string of the molecule is C[NH+]1C=C(CNC2C(O)C(O)=C3OC32)C2C(=O)NC(N)=NC21.[I-]. The topological polar surface area (TPSA) is 137 Å². The fourth-order valence-electron chi connectivity index (χ4n) is 3.45. The van der Waals surface area contributed by atoms with Crippen molar-refractivity contribution >= 4 is 11.9 Å². The summed E-state index contributed by atoms with van der Waals surface area (Å²) >= 11 is 0. The van der Waals surface area contributed by atoms with Crippen LogP contribution in [0.2, 0.25) is 0 Å². The quantitative estimate of drug-likeness (QED) is 0.193. The van der Waals surface area contributed by atoms with Crippen molar-refractivity contribution in [2.24, 2.45) is 16.6 Å². The third-order valence-electron chi connectivity index (χ3n) is 4.60. The van der Waals surface area contributed by atoms with E-state index in [1.807, 2.05) is 13.2 Å². The molecule has 6 unspecified atom stereocenters. The zero-order valence-electron chi connectivity index (χ0n) is 12.3. The summed E-state index contributed by atoms with van der Waals surface area (Å²) in [4.78, 5) is 17.4. The first-order valence-corrected chi connectivity index (χ1v) is 7.16. The fourth-order valence-corrected chi connectivity index (χ4v) is 3.45. The van der Waals surface area contributed by atoms with Gasteiger partial charge in [-0.25, -0.2) is 0 Å². The van der Waals surface area contributed by atoms with Gasteiger partial charge in [-0.2, -0.15) is 4.99 Å². The van der Waals surface area contributed by atoms with Crippen LogP contribution in [-0.4, -0.2) is 60.1 Å². The molecular formula is C13H18IN5O4. The van der Waals surface area contributed by atoms with Gasteiger partial charge in [-0.3, -0.25) is 15.0 Å². The zero-order chi connectivity index (χ0) is 15.6. The molecule has 0 spiro atoms. The minimum atomic E-state index is -0.967. The highest BCUT2D eigenvalue weighted by Gasteiger charge is 2.55.